The molecule has 0 aromatic heterocycles. The maximum atomic E-state index is 13.6. The molecule has 3 N–H and O–H groups in total. The molecule has 1 atom stereocenters. The highest BCUT2D eigenvalue weighted by Crippen LogP contribution is 2.30. The van der Waals surface area contributed by atoms with E-state index < -0.39 is 27.8 Å². The summed E-state index contributed by atoms with van der Waals surface area (Å²) >= 11 is 0. The van der Waals surface area contributed by atoms with Gasteiger partial charge in [-0.15, -0.1) is 0 Å². The maximum Gasteiger partial charge on any atom is 0.405 e. The summed E-state index contributed by atoms with van der Waals surface area (Å²) in [6.45, 7) is 3.95. The van der Waals surface area contributed by atoms with E-state index in [-0.39, 0.29) is 36.7 Å². The highest BCUT2D eigenvalue weighted by atomic mass is 32.2. The minimum atomic E-state index is -3.92. The van der Waals surface area contributed by atoms with E-state index in [1.165, 1.54) is 16.4 Å². The van der Waals surface area contributed by atoms with Crippen LogP contribution >= 0.6 is 0 Å². The summed E-state index contributed by atoms with van der Waals surface area (Å²) < 4.78 is 34.3. The lowest BCUT2D eigenvalue weighted by Crippen LogP contribution is -2.56. The van der Waals surface area contributed by atoms with E-state index in [1.807, 2.05) is 74.5 Å². The van der Waals surface area contributed by atoms with Gasteiger partial charge in [-0.3, -0.25) is 0 Å². The third kappa shape index (κ3) is 7.89. The fourth-order valence-corrected chi connectivity index (χ4v) is 5.82. The highest BCUT2D eigenvalue weighted by molar-refractivity contribution is 7.89. The predicted octanol–water partition coefficient (Wildman–Crippen LogP) is 4.40. The molecule has 0 aliphatic rings. The van der Waals surface area contributed by atoms with Crippen molar-refractivity contribution in [1.82, 2.24) is 4.31 Å². The van der Waals surface area contributed by atoms with Crippen molar-refractivity contribution in [2.75, 3.05) is 13.1 Å². The number of nitrogens with zero attached hydrogens (tertiary/aromatic N) is 1. The smallest absolute Gasteiger partial charge is 0.405 e. The number of benzene rings is 3. The van der Waals surface area contributed by atoms with Crippen LogP contribution < -0.4 is 5.73 Å². The molecule has 0 radical (unpaired) electrons. The first-order chi connectivity index (χ1) is 17.6. The Labute approximate surface area is 219 Å². The molecule has 37 heavy (non-hydrogen) atoms. The molecule has 0 fully saturated rings. The van der Waals surface area contributed by atoms with Gasteiger partial charge in [0.2, 0.25) is 10.0 Å². The van der Waals surface area contributed by atoms with Crippen molar-refractivity contribution >= 4 is 16.1 Å². The fourth-order valence-electron chi connectivity index (χ4n) is 4.33. The molecular weight excluding hydrogens is 488 g/mol. The first-order valence-electron chi connectivity index (χ1n) is 12.4. The largest absolute Gasteiger partial charge is 0.440 e. The molecule has 0 aliphatic carbocycles. The molecule has 0 spiro atoms. The van der Waals surface area contributed by atoms with Crippen molar-refractivity contribution in [3.8, 4) is 0 Å². The van der Waals surface area contributed by atoms with Crippen molar-refractivity contribution in [3.63, 3.8) is 0 Å². The van der Waals surface area contributed by atoms with Gasteiger partial charge in [0.15, 0.2) is 0 Å². The first-order valence-corrected chi connectivity index (χ1v) is 13.9. The van der Waals surface area contributed by atoms with E-state index in [2.05, 4.69) is 0 Å². The van der Waals surface area contributed by atoms with Gasteiger partial charge in [-0.25, -0.2) is 13.2 Å². The van der Waals surface area contributed by atoms with Crippen LogP contribution in [0, 0.1) is 5.92 Å². The number of carbonyl (C=O) groups is 1. The lowest BCUT2D eigenvalue weighted by molar-refractivity contribution is -0.0835. The van der Waals surface area contributed by atoms with Crippen LogP contribution in [0.15, 0.2) is 95.9 Å². The number of primary amides is 1. The van der Waals surface area contributed by atoms with Crippen LogP contribution in [0.4, 0.5) is 4.79 Å². The van der Waals surface area contributed by atoms with E-state index in [1.54, 1.807) is 18.2 Å². The zero-order chi connectivity index (χ0) is 26.9. The Kier molecular flexibility index (Phi) is 9.86. The topological polar surface area (TPSA) is 110 Å². The van der Waals surface area contributed by atoms with Crippen LogP contribution in [0.3, 0.4) is 0 Å². The Hall–Kier alpha value is -3.20. The minimum Gasteiger partial charge on any atom is -0.440 e. The zero-order valence-electron chi connectivity index (χ0n) is 21.4. The number of aliphatic hydroxyl groups is 1. The van der Waals surface area contributed by atoms with E-state index in [9.17, 15) is 18.3 Å². The highest BCUT2D eigenvalue weighted by Gasteiger charge is 2.44. The molecule has 0 saturated carbocycles. The monoisotopic (exact) mass is 524 g/mol. The van der Waals surface area contributed by atoms with Gasteiger partial charge in [-0.05, 0) is 35.6 Å². The number of hydrogen-bond acceptors (Lipinski definition) is 5. The predicted molar refractivity (Wildman–Crippen MR) is 144 cm³/mol. The number of amides is 1. The second-order valence-corrected chi connectivity index (χ2v) is 11.6. The Morgan fingerprint density at radius 3 is 1.78 bits per heavy atom. The summed E-state index contributed by atoms with van der Waals surface area (Å²) in [5.41, 5.74) is 5.66. The number of nitrogens with two attached hydrogens (primary N) is 1. The number of ether oxygens (including phenoxy) is 1. The molecule has 3 rings (SSSR count). The summed E-state index contributed by atoms with van der Waals surface area (Å²) in [5, 5.41) is 11.7. The molecule has 3 aromatic rings. The van der Waals surface area contributed by atoms with E-state index in [0.717, 1.165) is 11.1 Å². The van der Waals surface area contributed by atoms with Crippen molar-refractivity contribution in [3.05, 3.63) is 102 Å². The van der Waals surface area contributed by atoms with Gasteiger partial charge in [-0.1, -0.05) is 92.7 Å². The zero-order valence-corrected chi connectivity index (χ0v) is 22.2. The molecule has 0 saturated heterocycles. The number of carbonyl (C=O) groups excluding carboxylic acids is 1. The molecule has 0 unspecified atom stereocenters. The molecule has 8 heteroatoms. The molecule has 198 valence electrons. The lowest BCUT2D eigenvalue weighted by Gasteiger charge is -2.39. The fraction of sp³-hybridized carbons (Fsp3) is 0.345. The van der Waals surface area contributed by atoms with Gasteiger partial charge in [0, 0.05) is 25.9 Å². The number of aliphatic hydroxyl groups excluding tert-OH is 1. The quantitative estimate of drug-likeness (QED) is 0.344. The van der Waals surface area contributed by atoms with Crippen LogP contribution in [-0.4, -0.2) is 48.7 Å². The van der Waals surface area contributed by atoms with Gasteiger partial charge >= 0.3 is 6.09 Å². The minimum absolute atomic E-state index is 0.137. The summed E-state index contributed by atoms with van der Waals surface area (Å²) in [7, 11) is -3.92. The van der Waals surface area contributed by atoms with E-state index >= 15 is 0 Å². The van der Waals surface area contributed by atoms with Crippen molar-refractivity contribution in [1.29, 1.82) is 0 Å². The lowest BCUT2D eigenvalue weighted by atomic mass is 9.82. The Morgan fingerprint density at radius 1 is 0.892 bits per heavy atom. The van der Waals surface area contributed by atoms with Crippen LogP contribution in [0.1, 0.15) is 31.4 Å². The van der Waals surface area contributed by atoms with Gasteiger partial charge in [-0.2, -0.15) is 4.31 Å². The Bertz CT molecular complexity index is 1180. The first kappa shape index (κ1) is 28.4. The van der Waals surface area contributed by atoms with Gasteiger partial charge < -0.3 is 15.6 Å². The SMILES string of the molecule is CC(C)CCN(C[C@@H](O)C(Cc1ccccc1)(Cc1ccccc1)OC(N)=O)S(=O)(=O)c1ccccc1. The number of sulfonamides is 1. The second-order valence-electron chi connectivity index (χ2n) is 9.69. The molecule has 0 bridgehead atoms. The summed E-state index contributed by atoms with van der Waals surface area (Å²) in [6.07, 6.45) is -1.51. The van der Waals surface area contributed by atoms with Crippen LogP contribution in [-0.2, 0) is 27.6 Å². The van der Waals surface area contributed by atoms with Crippen LogP contribution in [0.25, 0.3) is 0 Å². The van der Waals surface area contributed by atoms with E-state index in [4.69, 9.17) is 10.5 Å². The van der Waals surface area contributed by atoms with Crippen molar-refractivity contribution in [2.45, 2.75) is 49.7 Å². The Morgan fingerprint density at radius 2 is 1.35 bits per heavy atom. The number of hydrogen-bond donors (Lipinski definition) is 2. The third-order valence-corrected chi connectivity index (χ3v) is 8.20. The molecule has 0 heterocycles. The molecular formula is C29H36N2O5S. The second kappa shape index (κ2) is 12.9. The molecule has 1 amide bonds. The molecule has 7 nitrogen and oxygen atoms in total. The average Bonchev–Trinajstić information content (AvgIpc) is 2.87. The van der Waals surface area contributed by atoms with Gasteiger partial charge in [0.05, 0.1) is 4.90 Å². The standard InChI is InChI=1S/C29H36N2O5S/c1-23(2)18-19-31(37(34,35)26-16-10-5-11-17-26)22-27(32)29(36-28(30)33,20-24-12-6-3-7-13-24)21-25-14-8-4-9-15-25/h3-17,23,27,32H,18-22H2,1-2H3,(H2,30,33)/t27-/m1/s1. The van der Waals surface area contributed by atoms with Crippen molar-refractivity contribution in [2.24, 2.45) is 11.7 Å². The summed E-state index contributed by atoms with van der Waals surface area (Å²) in [4.78, 5) is 12.3. The maximum absolute atomic E-state index is 13.6. The van der Waals surface area contributed by atoms with Gasteiger partial charge in [0.25, 0.3) is 0 Å². The van der Waals surface area contributed by atoms with Gasteiger partial charge in [0.1, 0.15) is 11.7 Å². The normalized spacial score (nSPS) is 13.0. The van der Waals surface area contributed by atoms with Crippen LogP contribution in [0.2, 0.25) is 0 Å². The average molecular weight is 525 g/mol. The number of rotatable bonds is 13. The third-order valence-electron chi connectivity index (χ3n) is 6.32. The molecule has 3 aromatic carbocycles. The Balaban J connectivity index is 2.04. The van der Waals surface area contributed by atoms with Crippen LogP contribution in [0.5, 0.6) is 0 Å². The van der Waals surface area contributed by atoms with Crippen molar-refractivity contribution < 1.29 is 23.1 Å². The summed E-state index contributed by atoms with van der Waals surface area (Å²) in [5.74, 6) is 0.242. The van der Waals surface area contributed by atoms with E-state index in [0.29, 0.717) is 6.42 Å². The molecule has 0 aliphatic heterocycles. The summed E-state index contributed by atoms with van der Waals surface area (Å²) in [6, 6.07) is 26.8.